The summed E-state index contributed by atoms with van der Waals surface area (Å²) in [5, 5.41) is 9.04. The minimum atomic E-state index is -3.88. The zero-order valence-electron chi connectivity index (χ0n) is 12.6. The van der Waals surface area contributed by atoms with Crippen molar-refractivity contribution >= 4 is 10.0 Å². The zero-order valence-corrected chi connectivity index (χ0v) is 13.5. The summed E-state index contributed by atoms with van der Waals surface area (Å²) in [6.07, 6.45) is 2.23. The smallest absolute Gasteiger partial charge is 0.207 e. The van der Waals surface area contributed by atoms with Gasteiger partial charge in [0, 0.05) is 12.6 Å². The molecule has 0 saturated heterocycles. The van der Waals surface area contributed by atoms with Gasteiger partial charge >= 0.3 is 0 Å². The topological polar surface area (TPSA) is 61.2 Å². The van der Waals surface area contributed by atoms with Crippen molar-refractivity contribution in [2.45, 2.75) is 51.0 Å². The van der Waals surface area contributed by atoms with Gasteiger partial charge in [0.2, 0.25) is 10.0 Å². The van der Waals surface area contributed by atoms with E-state index in [2.05, 4.69) is 0 Å². The molecule has 1 rings (SSSR count). The van der Waals surface area contributed by atoms with Crippen LogP contribution in [0.5, 0.6) is 0 Å². The maximum Gasteiger partial charge on any atom is 0.244 e. The molecule has 0 fully saturated rings. The van der Waals surface area contributed by atoms with Crippen LogP contribution >= 0.6 is 0 Å². The van der Waals surface area contributed by atoms with E-state index in [0.29, 0.717) is 13.0 Å². The Bertz CT molecular complexity index is 623. The zero-order chi connectivity index (χ0) is 16.0. The molecule has 0 saturated carbocycles. The van der Waals surface area contributed by atoms with Crippen LogP contribution in [0.4, 0.5) is 4.39 Å². The minimum Gasteiger partial charge on any atom is -0.207 e. The number of benzene rings is 1. The van der Waals surface area contributed by atoms with Crippen LogP contribution < -0.4 is 0 Å². The molecule has 0 aromatic heterocycles. The first-order valence-corrected chi connectivity index (χ1v) is 8.54. The molecule has 0 amide bonds. The van der Waals surface area contributed by atoms with Crippen LogP contribution in [0.3, 0.4) is 0 Å². The summed E-state index contributed by atoms with van der Waals surface area (Å²) >= 11 is 0. The second-order valence-electron chi connectivity index (χ2n) is 4.95. The van der Waals surface area contributed by atoms with Gasteiger partial charge in [-0.1, -0.05) is 26.3 Å². The van der Waals surface area contributed by atoms with Crippen molar-refractivity contribution in [3.8, 4) is 6.07 Å². The highest BCUT2D eigenvalue weighted by molar-refractivity contribution is 7.89. The van der Waals surface area contributed by atoms with Crippen LogP contribution in [0.15, 0.2) is 23.1 Å². The van der Waals surface area contributed by atoms with E-state index in [1.165, 1.54) is 16.4 Å². The van der Waals surface area contributed by atoms with E-state index in [0.717, 1.165) is 18.9 Å². The molecule has 0 bridgehead atoms. The Kier molecular flexibility index (Phi) is 6.31. The molecule has 0 radical (unpaired) electrons. The fourth-order valence-corrected chi connectivity index (χ4v) is 3.95. The van der Waals surface area contributed by atoms with E-state index in [1.807, 2.05) is 20.8 Å². The Morgan fingerprint density at radius 3 is 2.57 bits per heavy atom. The molecule has 1 unspecified atom stereocenters. The molecular weight excluding hydrogens is 291 g/mol. The number of sulfonamides is 1. The predicted molar refractivity (Wildman–Crippen MR) is 79.7 cm³/mol. The van der Waals surface area contributed by atoms with Crippen molar-refractivity contribution in [1.29, 1.82) is 5.26 Å². The summed E-state index contributed by atoms with van der Waals surface area (Å²) < 4.78 is 40.6. The van der Waals surface area contributed by atoms with E-state index in [4.69, 9.17) is 5.26 Å². The molecule has 0 aliphatic carbocycles. The maximum absolute atomic E-state index is 13.7. The molecule has 0 heterocycles. The van der Waals surface area contributed by atoms with E-state index in [1.54, 1.807) is 6.07 Å². The Morgan fingerprint density at radius 1 is 1.38 bits per heavy atom. The first-order chi connectivity index (χ1) is 9.89. The van der Waals surface area contributed by atoms with E-state index in [-0.39, 0.29) is 10.9 Å². The molecule has 4 nitrogen and oxygen atoms in total. The number of hydrogen-bond donors (Lipinski definition) is 0. The largest absolute Gasteiger partial charge is 0.244 e. The van der Waals surface area contributed by atoms with Crippen LogP contribution in [0.1, 0.15) is 45.6 Å². The number of nitriles is 1. The minimum absolute atomic E-state index is 0.198. The van der Waals surface area contributed by atoms with E-state index >= 15 is 0 Å². The van der Waals surface area contributed by atoms with Crippen molar-refractivity contribution in [3.63, 3.8) is 0 Å². The standard InChI is InChI=1S/C15H21FN2O2S/c1-4-6-10-18(12(3)5-2)21(19,20)15-9-7-8-14(16)13(15)11-17/h7-9,12H,4-6,10H2,1-3H3. The second kappa shape index (κ2) is 7.53. The fourth-order valence-electron chi connectivity index (χ4n) is 2.05. The van der Waals surface area contributed by atoms with Crippen LogP contribution in [0.25, 0.3) is 0 Å². The van der Waals surface area contributed by atoms with Gasteiger partial charge in [-0.25, -0.2) is 12.8 Å². The van der Waals surface area contributed by atoms with Gasteiger partial charge in [0.1, 0.15) is 22.3 Å². The molecule has 0 aliphatic heterocycles. The summed E-state index contributed by atoms with van der Waals surface area (Å²) in [6.45, 7) is 6.06. The third-order valence-corrected chi connectivity index (χ3v) is 5.54. The average molecular weight is 312 g/mol. The van der Waals surface area contributed by atoms with Gasteiger partial charge in [-0.3, -0.25) is 0 Å². The third-order valence-electron chi connectivity index (χ3n) is 3.49. The highest BCUT2D eigenvalue weighted by atomic mass is 32.2. The molecule has 6 heteroatoms. The summed E-state index contributed by atoms with van der Waals surface area (Å²) in [5.41, 5.74) is -0.415. The van der Waals surface area contributed by atoms with Crippen LogP contribution in [-0.2, 0) is 10.0 Å². The summed E-state index contributed by atoms with van der Waals surface area (Å²) in [6, 6.07) is 5.16. The highest BCUT2D eigenvalue weighted by Gasteiger charge is 2.30. The molecular formula is C15H21FN2O2S. The normalized spacial score (nSPS) is 13.1. The maximum atomic E-state index is 13.7. The van der Waals surface area contributed by atoms with E-state index < -0.39 is 21.4 Å². The quantitative estimate of drug-likeness (QED) is 0.776. The molecule has 0 aliphatic rings. The summed E-state index contributed by atoms with van der Waals surface area (Å²) in [7, 11) is -3.88. The molecule has 1 aromatic carbocycles. The number of rotatable bonds is 7. The Hall–Kier alpha value is -1.45. The Labute approximate surface area is 126 Å². The van der Waals surface area contributed by atoms with Gasteiger partial charge in [0.25, 0.3) is 0 Å². The number of hydrogen-bond acceptors (Lipinski definition) is 3. The molecule has 0 N–H and O–H groups in total. The first-order valence-electron chi connectivity index (χ1n) is 7.10. The Morgan fingerprint density at radius 2 is 2.05 bits per heavy atom. The lowest BCUT2D eigenvalue weighted by atomic mass is 10.2. The number of halogens is 1. The van der Waals surface area contributed by atoms with Crippen molar-refractivity contribution < 1.29 is 12.8 Å². The van der Waals surface area contributed by atoms with Gasteiger partial charge in [0.05, 0.1) is 0 Å². The van der Waals surface area contributed by atoms with Gasteiger partial charge in [-0.15, -0.1) is 0 Å². The predicted octanol–water partition coefficient (Wildman–Crippen LogP) is 3.29. The molecule has 116 valence electrons. The van der Waals surface area contributed by atoms with Gasteiger partial charge < -0.3 is 0 Å². The fraction of sp³-hybridized carbons (Fsp3) is 0.533. The van der Waals surface area contributed by atoms with Gasteiger partial charge in [0.15, 0.2) is 0 Å². The lowest BCUT2D eigenvalue weighted by molar-refractivity contribution is 0.324. The summed E-state index contributed by atoms with van der Waals surface area (Å²) in [4.78, 5) is -0.249. The Balaban J connectivity index is 3.36. The van der Waals surface area contributed by atoms with E-state index in [9.17, 15) is 12.8 Å². The average Bonchev–Trinajstić information content (AvgIpc) is 2.46. The molecule has 1 atom stereocenters. The molecule has 0 spiro atoms. The molecule has 1 aromatic rings. The lowest BCUT2D eigenvalue weighted by Gasteiger charge is -2.28. The van der Waals surface area contributed by atoms with Crippen molar-refractivity contribution in [2.24, 2.45) is 0 Å². The lowest BCUT2D eigenvalue weighted by Crippen LogP contribution is -2.39. The van der Waals surface area contributed by atoms with Crippen molar-refractivity contribution in [1.82, 2.24) is 4.31 Å². The highest BCUT2D eigenvalue weighted by Crippen LogP contribution is 2.24. The second-order valence-corrected chi connectivity index (χ2v) is 6.81. The van der Waals surface area contributed by atoms with Crippen molar-refractivity contribution in [3.05, 3.63) is 29.6 Å². The van der Waals surface area contributed by atoms with Crippen LogP contribution in [-0.4, -0.2) is 25.3 Å². The van der Waals surface area contributed by atoms with Gasteiger partial charge in [-0.2, -0.15) is 9.57 Å². The third kappa shape index (κ3) is 3.80. The van der Waals surface area contributed by atoms with Gasteiger partial charge in [-0.05, 0) is 31.9 Å². The molecule has 21 heavy (non-hydrogen) atoms. The summed E-state index contributed by atoms with van der Waals surface area (Å²) in [5.74, 6) is -0.807. The van der Waals surface area contributed by atoms with Crippen LogP contribution in [0.2, 0.25) is 0 Å². The number of nitrogens with zero attached hydrogens (tertiary/aromatic N) is 2. The SMILES string of the molecule is CCCCN(C(C)CC)S(=O)(=O)c1cccc(F)c1C#N. The monoisotopic (exact) mass is 312 g/mol. The first kappa shape index (κ1) is 17.6. The van der Waals surface area contributed by atoms with Crippen LogP contribution in [0, 0.1) is 17.1 Å². The van der Waals surface area contributed by atoms with Crippen molar-refractivity contribution in [2.75, 3.05) is 6.54 Å². The number of unbranched alkanes of at least 4 members (excludes halogenated alkanes) is 1.